The average molecular weight is 752 g/mol. The lowest BCUT2D eigenvalue weighted by Gasteiger charge is -2.34. The van der Waals surface area contributed by atoms with Crippen LogP contribution in [0.3, 0.4) is 0 Å². The molecule has 0 saturated heterocycles. The van der Waals surface area contributed by atoms with Crippen LogP contribution >= 0.6 is 0 Å². The fraction of sp³-hybridized carbons (Fsp3) is 0.0175. The molecule has 0 saturated carbocycles. The summed E-state index contributed by atoms with van der Waals surface area (Å²) in [6.07, 6.45) is 0. The fourth-order valence-corrected chi connectivity index (χ4v) is 9.96. The van der Waals surface area contributed by atoms with Crippen LogP contribution in [0.25, 0.3) is 65.7 Å². The molecule has 2 nitrogen and oxygen atoms in total. The van der Waals surface area contributed by atoms with Gasteiger partial charge in [-0.25, -0.2) is 0 Å². The molecule has 1 aromatic heterocycles. The maximum absolute atomic E-state index is 6.63. The molecule has 2 heteroatoms. The van der Waals surface area contributed by atoms with Gasteiger partial charge < -0.3 is 9.32 Å². The Morgan fingerprint density at radius 3 is 1.78 bits per heavy atom. The van der Waals surface area contributed by atoms with Crippen LogP contribution in [-0.2, 0) is 5.41 Å². The minimum absolute atomic E-state index is 0.519. The van der Waals surface area contributed by atoms with Crippen molar-refractivity contribution in [1.82, 2.24) is 0 Å². The second kappa shape index (κ2) is 13.2. The minimum atomic E-state index is -0.519. The molecule has 0 fully saturated rings. The van der Waals surface area contributed by atoms with E-state index in [9.17, 15) is 0 Å². The van der Waals surface area contributed by atoms with E-state index >= 15 is 0 Å². The summed E-state index contributed by atoms with van der Waals surface area (Å²) < 4.78 is 6.63. The van der Waals surface area contributed by atoms with E-state index in [-0.39, 0.29) is 0 Å². The lowest BCUT2D eigenvalue weighted by molar-refractivity contribution is 0.672. The smallest absolute Gasteiger partial charge is 0.143 e. The van der Waals surface area contributed by atoms with Gasteiger partial charge in [-0.15, -0.1) is 0 Å². The summed E-state index contributed by atoms with van der Waals surface area (Å²) in [7, 11) is 0. The highest BCUT2D eigenvalue weighted by Crippen LogP contribution is 2.59. The first-order valence-electron chi connectivity index (χ1n) is 20.3. The number of nitrogens with zero attached hydrogens (tertiary/aromatic N) is 1. The summed E-state index contributed by atoms with van der Waals surface area (Å²) in [6.45, 7) is 0. The largest absolute Gasteiger partial charge is 0.455 e. The molecule has 0 amide bonds. The third-order valence-electron chi connectivity index (χ3n) is 12.5. The van der Waals surface area contributed by atoms with E-state index < -0.39 is 5.41 Å². The fourth-order valence-electron chi connectivity index (χ4n) is 9.96. The van der Waals surface area contributed by atoms with E-state index in [1.54, 1.807) is 0 Å². The molecule has 1 aliphatic rings. The predicted molar refractivity (Wildman–Crippen MR) is 246 cm³/mol. The second-order valence-corrected chi connectivity index (χ2v) is 15.6. The van der Waals surface area contributed by atoms with E-state index in [0.29, 0.717) is 0 Å². The number of anilines is 3. The Labute approximate surface area is 342 Å². The highest BCUT2D eigenvalue weighted by atomic mass is 16.3. The van der Waals surface area contributed by atoms with Crippen molar-refractivity contribution in [2.45, 2.75) is 5.41 Å². The molecule has 0 radical (unpaired) electrons. The van der Waals surface area contributed by atoms with E-state index in [1.807, 2.05) is 6.07 Å². The molecule has 0 N–H and O–H groups in total. The normalized spacial score (nSPS) is 12.9. The van der Waals surface area contributed by atoms with Crippen LogP contribution in [-0.4, -0.2) is 0 Å². The zero-order chi connectivity index (χ0) is 38.9. The Morgan fingerprint density at radius 1 is 0.373 bits per heavy atom. The molecule has 0 aliphatic heterocycles. The number of hydrogen-bond acceptors (Lipinski definition) is 2. The van der Waals surface area contributed by atoms with Gasteiger partial charge in [0.15, 0.2) is 0 Å². The highest BCUT2D eigenvalue weighted by molar-refractivity contribution is 6.18. The summed E-state index contributed by atoms with van der Waals surface area (Å²) in [5.41, 5.74) is 14.5. The topological polar surface area (TPSA) is 16.4 Å². The van der Waals surface area contributed by atoms with Crippen molar-refractivity contribution < 1.29 is 4.42 Å². The first-order valence-corrected chi connectivity index (χ1v) is 20.3. The summed E-state index contributed by atoms with van der Waals surface area (Å²) in [5.74, 6) is 0. The van der Waals surface area contributed by atoms with E-state index in [2.05, 4.69) is 223 Å². The molecular weight excluding hydrogens is 715 g/mol. The lowest BCUT2D eigenvalue weighted by atomic mass is 9.68. The maximum Gasteiger partial charge on any atom is 0.143 e. The Balaban J connectivity index is 1.13. The van der Waals surface area contributed by atoms with E-state index in [1.165, 1.54) is 55.3 Å². The van der Waals surface area contributed by atoms with Crippen LogP contribution < -0.4 is 4.90 Å². The van der Waals surface area contributed by atoms with Crippen molar-refractivity contribution >= 4 is 60.5 Å². The molecule has 1 heterocycles. The van der Waals surface area contributed by atoms with Crippen molar-refractivity contribution in [1.29, 1.82) is 0 Å². The van der Waals surface area contributed by atoms with Gasteiger partial charge in [-0.3, -0.25) is 0 Å². The molecule has 0 unspecified atom stereocenters. The zero-order valence-corrected chi connectivity index (χ0v) is 32.2. The monoisotopic (exact) mass is 751 g/mol. The SMILES string of the molecule is c1ccc(C2(c3ccccc3)c3ccccc3-c3c(N(c4ccc(-c5ccc6ccccc6c5)cc4)c4cccc5c4ccc4c6ccccc6oc54)cccc32)cc1. The van der Waals surface area contributed by atoms with Crippen molar-refractivity contribution in [2.24, 2.45) is 0 Å². The van der Waals surface area contributed by atoms with Crippen LogP contribution in [0.4, 0.5) is 17.1 Å². The van der Waals surface area contributed by atoms with Gasteiger partial charge in [-0.2, -0.15) is 0 Å². The molecule has 59 heavy (non-hydrogen) atoms. The van der Waals surface area contributed by atoms with Crippen molar-refractivity contribution in [3.8, 4) is 22.3 Å². The second-order valence-electron chi connectivity index (χ2n) is 15.6. The van der Waals surface area contributed by atoms with Crippen LogP contribution in [0.15, 0.2) is 229 Å². The highest BCUT2D eigenvalue weighted by Gasteiger charge is 2.47. The molecular formula is C57H37NO. The van der Waals surface area contributed by atoms with Gasteiger partial charge in [0.25, 0.3) is 0 Å². The molecule has 10 aromatic carbocycles. The molecule has 0 spiro atoms. The average Bonchev–Trinajstić information content (AvgIpc) is 3.85. The molecule has 12 rings (SSSR count). The Morgan fingerprint density at radius 2 is 0.966 bits per heavy atom. The van der Waals surface area contributed by atoms with Crippen LogP contribution in [0.2, 0.25) is 0 Å². The Kier molecular flexibility index (Phi) is 7.48. The molecule has 0 bridgehead atoms. The van der Waals surface area contributed by atoms with Gasteiger partial charge in [0.2, 0.25) is 0 Å². The first kappa shape index (κ1) is 33.5. The van der Waals surface area contributed by atoms with Gasteiger partial charge in [-0.05, 0) is 92.2 Å². The maximum atomic E-state index is 6.63. The van der Waals surface area contributed by atoms with Gasteiger partial charge in [-0.1, -0.05) is 182 Å². The number of para-hydroxylation sites is 1. The van der Waals surface area contributed by atoms with Crippen LogP contribution in [0.1, 0.15) is 22.3 Å². The number of rotatable bonds is 6. The number of hydrogen-bond donors (Lipinski definition) is 0. The van der Waals surface area contributed by atoms with E-state index in [0.717, 1.165) is 49.8 Å². The Hall–Kier alpha value is -7.68. The number of furan rings is 1. The van der Waals surface area contributed by atoms with Gasteiger partial charge in [0.1, 0.15) is 11.2 Å². The Bertz CT molecular complexity index is 3340. The predicted octanol–water partition coefficient (Wildman–Crippen LogP) is 15.4. The number of benzene rings is 10. The standard InChI is InChI=1S/C57H37NO/c1-3-17-42(18-4-1)57(43-19-5-2-6-20-43)50-24-11-9-22-49(50)55-51(57)25-14-27-53(55)58(44-33-31-39(32-34-44)41-30-29-38-15-7-8-16-40(38)37-41)52-26-13-23-47-45(52)35-36-48-46-21-10-12-28-54(46)59-56(47)48/h1-37H. The van der Waals surface area contributed by atoms with Crippen molar-refractivity contribution in [3.63, 3.8) is 0 Å². The van der Waals surface area contributed by atoms with Crippen LogP contribution in [0, 0.1) is 0 Å². The summed E-state index contributed by atoms with van der Waals surface area (Å²) in [5, 5.41) is 6.95. The van der Waals surface area contributed by atoms with Crippen LogP contribution in [0.5, 0.6) is 0 Å². The third-order valence-corrected chi connectivity index (χ3v) is 12.5. The molecule has 1 aliphatic carbocycles. The summed E-state index contributed by atoms with van der Waals surface area (Å²) >= 11 is 0. The zero-order valence-electron chi connectivity index (χ0n) is 32.2. The molecule has 276 valence electrons. The third kappa shape index (κ3) is 5.00. The lowest BCUT2D eigenvalue weighted by Crippen LogP contribution is -2.28. The quantitative estimate of drug-likeness (QED) is 0.168. The summed E-state index contributed by atoms with van der Waals surface area (Å²) in [4.78, 5) is 2.47. The van der Waals surface area contributed by atoms with Gasteiger partial charge >= 0.3 is 0 Å². The van der Waals surface area contributed by atoms with Crippen molar-refractivity contribution in [2.75, 3.05) is 4.90 Å². The summed E-state index contributed by atoms with van der Waals surface area (Å²) in [6, 6.07) is 81.9. The van der Waals surface area contributed by atoms with Crippen molar-refractivity contribution in [3.05, 3.63) is 247 Å². The van der Waals surface area contributed by atoms with Gasteiger partial charge in [0, 0.05) is 32.8 Å². The molecule has 11 aromatic rings. The first-order chi connectivity index (χ1) is 29.3. The van der Waals surface area contributed by atoms with E-state index in [4.69, 9.17) is 4.42 Å². The molecule has 0 atom stereocenters. The van der Waals surface area contributed by atoms with Gasteiger partial charge in [0.05, 0.1) is 16.8 Å². The minimum Gasteiger partial charge on any atom is -0.455 e. The number of fused-ring (bicyclic) bond motifs is 9.